The summed E-state index contributed by atoms with van der Waals surface area (Å²) in [5, 5.41) is 0. The molecule has 0 aliphatic heterocycles. The molecule has 0 fully saturated rings. The van der Waals surface area contributed by atoms with Crippen molar-refractivity contribution in [2.45, 2.75) is 263 Å². The van der Waals surface area contributed by atoms with Crippen molar-refractivity contribution < 1.29 is 61.6 Å². The van der Waals surface area contributed by atoms with Gasteiger partial charge in [-0.1, -0.05) is 218 Å². The molecule has 0 saturated carbocycles. The molecule has 1 aromatic carbocycles. The molecule has 358 valence electrons. The summed E-state index contributed by atoms with van der Waals surface area (Å²) in [6, 6.07) is 3.13. The molecular formula is C54H93NaO7S. The van der Waals surface area contributed by atoms with Gasteiger partial charge >= 0.3 is 41.5 Å². The second-order valence-electron chi connectivity index (χ2n) is 17.8. The molecule has 0 heterocycles. The third kappa shape index (κ3) is 38.4. The van der Waals surface area contributed by atoms with Gasteiger partial charge in [0.25, 0.3) is 0 Å². The zero-order chi connectivity index (χ0) is 45.0. The number of carbonyl (C=O) groups is 2. The Morgan fingerprint density at radius 2 is 0.698 bits per heavy atom. The topological polar surface area (TPSA) is 110 Å². The third-order valence-corrected chi connectivity index (χ3v) is 12.8. The Morgan fingerprint density at radius 3 is 1.00 bits per heavy atom. The van der Waals surface area contributed by atoms with Crippen molar-refractivity contribution >= 4 is 22.1 Å². The maximum absolute atomic E-state index is 13.0. The van der Waals surface area contributed by atoms with Crippen LogP contribution in [0.25, 0.3) is 0 Å². The Kier molecular flexibility index (Phi) is 44.6. The van der Waals surface area contributed by atoms with Crippen molar-refractivity contribution in [1.29, 1.82) is 0 Å². The third-order valence-electron chi connectivity index (χ3n) is 12.0. The summed E-state index contributed by atoms with van der Waals surface area (Å²) in [4.78, 5) is 25.3. The number of rotatable bonds is 45. The number of hydrogen-bond acceptors (Lipinski definition) is 7. The van der Waals surface area contributed by atoms with Crippen molar-refractivity contribution in [3.63, 3.8) is 0 Å². The zero-order valence-electron chi connectivity index (χ0n) is 41.1. The molecule has 0 aliphatic carbocycles. The average Bonchev–Trinajstić information content (AvgIpc) is 3.26. The number of esters is 2. The molecule has 1 rings (SSSR count). The Morgan fingerprint density at radius 1 is 0.429 bits per heavy atom. The maximum Gasteiger partial charge on any atom is 1.00 e. The van der Waals surface area contributed by atoms with Crippen LogP contribution in [0.15, 0.2) is 47.4 Å². The average molecular weight is 909 g/mol. The molecule has 0 N–H and O–H groups in total. The fourth-order valence-electron chi connectivity index (χ4n) is 7.98. The van der Waals surface area contributed by atoms with Crippen molar-refractivity contribution in [1.82, 2.24) is 0 Å². The van der Waals surface area contributed by atoms with E-state index in [2.05, 4.69) is 38.2 Å². The first-order valence-electron chi connectivity index (χ1n) is 26.0. The molecule has 0 amide bonds. The Bertz CT molecular complexity index is 1380. The van der Waals surface area contributed by atoms with Gasteiger partial charge in [-0.3, -0.25) is 0 Å². The summed E-state index contributed by atoms with van der Waals surface area (Å²) in [5.41, 5.74) is -0.354. The van der Waals surface area contributed by atoms with Crippen molar-refractivity contribution in [2.24, 2.45) is 0 Å². The van der Waals surface area contributed by atoms with E-state index in [0.717, 1.165) is 76.3 Å². The monoisotopic (exact) mass is 909 g/mol. The molecule has 0 aromatic heterocycles. The summed E-state index contributed by atoms with van der Waals surface area (Å²) >= 11 is 0. The van der Waals surface area contributed by atoms with Crippen LogP contribution in [0.1, 0.15) is 279 Å². The largest absolute Gasteiger partial charge is 1.00 e. The van der Waals surface area contributed by atoms with Crippen LogP contribution < -0.4 is 29.6 Å². The van der Waals surface area contributed by atoms with Gasteiger partial charge < -0.3 is 14.0 Å². The van der Waals surface area contributed by atoms with Crippen LogP contribution in [-0.4, -0.2) is 38.1 Å². The van der Waals surface area contributed by atoms with Crippen LogP contribution in [0, 0.1) is 0 Å². The predicted octanol–water partition coefficient (Wildman–Crippen LogP) is 13.9. The summed E-state index contributed by atoms with van der Waals surface area (Å²) < 4.78 is 46.0. The minimum Gasteiger partial charge on any atom is -0.744 e. The number of allylic oxidation sites excluding steroid dienone is 4. The summed E-state index contributed by atoms with van der Waals surface area (Å²) in [6.07, 6.45) is 56.7. The molecule has 0 atom stereocenters. The predicted molar refractivity (Wildman–Crippen MR) is 260 cm³/mol. The van der Waals surface area contributed by atoms with Gasteiger partial charge in [-0.15, -0.1) is 0 Å². The SMILES string of the molecule is CCCCCCCCCCCCCCC/C=C/CCCCCCOC(=O)c1ccc(S(=O)(=O)[O-])cc1C(=O)OCCCCCC/C=C/CCCCCCCCCCCCCCC.[Na+]. The normalized spacial score (nSPS) is 11.7. The summed E-state index contributed by atoms with van der Waals surface area (Å²) in [7, 11) is -4.83. The minimum atomic E-state index is -4.83. The molecule has 0 saturated heterocycles. The van der Waals surface area contributed by atoms with E-state index in [1.807, 2.05) is 0 Å². The van der Waals surface area contributed by atoms with E-state index in [9.17, 15) is 22.6 Å². The van der Waals surface area contributed by atoms with Crippen LogP contribution in [0.3, 0.4) is 0 Å². The second-order valence-corrected chi connectivity index (χ2v) is 19.2. The molecule has 0 radical (unpaired) electrons. The Balaban J connectivity index is 0.0000384. The van der Waals surface area contributed by atoms with Crippen molar-refractivity contribution in [3.8, 4) is 0 Å². The van der Waals surface area contributed by atoms with E-state index in [1.165, 1.54) is 173 Å². The molecule has 0 unspecified atom stereocenters. The van der Waals surface area contributed by atoms with E-state index in [4.69, 9.17) is 9.47 Å². The van der Waals surface area contributed by atoms with E-state index in [1.54, 1.807) is 0 Å². The standard InChI is InChI=1S/C54H94O7S.Na/c1-3-5-7-9-11-13-15-17-19-21-23-25-27-29-31-33-35-37-39-41-43-47-60-53(55)51-46-45-50(62(57,58)59)49-52(51)54(56)61-48-44-42-40-38-36-34-32-30-28-26-24-22-20-18-16-14-12-10-8-6-4-2;/h31-34,45-46,49H,3-30,35-44,47-48H2,1-2H3,(H,57,58,59);/q;+1/p-1/b33-31+,34-32+;. The fraction of sp³-hybridized carbons (Fsp3) is 0.778. The van der Waals surface area contributed by atoms with Crippen LogP contribution in [0.2, 0.25) is 0 Å². The molecule has 7 nitrogen and oxygen atoms in total. The van der Waals surface area contributed by atoms with E-state index < -0.39 is 27.0 Å². The molecule has 0 spiro atoms. The van der Waals surface area contributed by atoms with Gasteiger partial charge in [0.1, 0.15) is 10.1 Å². The Labute approximate surface area is 410 Å². The first-order chi connectivity index (χ1) is 30.3. The van der Waals surface area contributed by atoms with E-state index >= 15 is 0 Å². The van der Waals surface area contributed by atoms with Crippen molar-refractivity contribution in [3.05, 3.63) is 53.6 Å². The van der Waals surface area contributed by atoms with Gasteiger partial charge in [0.2, 0.25) is 0 Å². The van der Waals surface area contributed by atoms with Gasteiger partial charge in [0, 0.05) is 0 Å². The number of ether oxygens (including phenoxy) is 2. The van der Waals surface area contributed by atoms with Crippen LogP contribution >= 0.6 is 0 Å². The molecule has 1 aromatic rings. The van der Waals surface area contributed by atoms with Gasteiger partial charge in [-0.2, -0.15) is 0 Å². The quantitative estimate of drug-likeness (QED) is 0.0211. The summed E-state index contributed by atoms with van der Waals surface area (Å²) in [6.45, 7) is 4.88. The first kappa shape index (κ1) is 61.5. The smallest absolute Gasteiger partial charge is 0.744 e. The minimum absolute atomic E-state index is 0. The fourth-order valence-corrected chi connectivity index (χ4v) is 8.47. The van der Waals surface area contributed by atoms with Gasteiger partial charge in [-0.05, 0) is 82.4 Å². The van der Waals surface area contributed by atoms with Crippen LogP contribution in [0.5, 0.6) is 0 Å². The zero-order valence-corrected chi connectivity index (χ0v) is 43.9. The van der Waals surface area contributed by atoms with E-state index in [0.29, 0.717) is 12.8 Å². The Hall–Kier alpha value is -1.45. The van der Waals surface area contributed by atoms with Gasteiger partial charge in [-0.25, -0.2) is 18.0 Å². The molecule has 0 bridgehead atoms. The molecule has 9 heteroatoms. The number of unbranched alkanes of at least 4 members (excludes halogenated alkanes) is 34. The van der Waals surface area contributed by atoms with Crippen LogP contribution in [-0.2, 0) is 19.6 Å². The summed E-state index contributed by atoms with van der Waals surface area (Å²) in [5.74, 6) is -1.56. The maximum atomic E-state index is 13.0. The number of benzene rings is 1. The second kappa shape index (κ2) is 45.7. The molecule has 63 heavy (non-hydrogen) atoms. The molecular weight excluding hydrogens is 816 g/mol. The van der Waals surface area contributed by atoms with Gasteiger partial charge in [0.15, 0.2) is 0 Å². The number of carbonyl (C=O) groups excluding carboxylic acids is 2. The number of hydrogen-bond donors (Lipinski definition) is 0. The molecule has 0 aliphatic rings. The van der Waals surface area contributed by atoms with Gasteiger partial charge in [0.05, 0.1) is 29.2 Å². The van der Waals surface area contributed by atoms with Crippen LogP contribution in [0.4, 0.5) is 0 Å². The first-order valence-corrected chi connectivity index (χ1v) is 27.5. The van der Waals surface area contributed by atoms with E-state index in [-0.39, 0.29) is 53.9 Å². The van der Waals surface area contributed by atoms with Crippen molar-refractivity contribution in [2.75, 3.05) is 13.2 Å².